The molecule has 0 saturated heterocycles. The summed E-state index contributed by atoms with van der Waals surface area (Å²) in [5.74, 6) is 0. The summed E-state index contributed by atoms with van der Waals surface area (Å²) in [6, 6.07) is 10.7. The van der Waals surface area contributed by atoms with E-state index >= 15 is 0 Å². The number of aromatic nitrogens is 2. The number of hydrogen-bond donors (Lipinski definition) is 1. The highest BCUT2D eigenvalue weighted by Gasteiger charge is 2.10. The van der Waals surface area contributed by atoms with E-state index in [-0.39, 0.29) is 11.6 Å². The summed E-state index contributed by atoms with van der Waals surface area (Å²) in [5.41, 5.74) is 1.98. The minimum Gasteiger partial charge on any atom is -0.380 e. The molecule has 21 heavy (non-hydrogen) atoms. The Bertz CT molecular complexity index is 640. The van der Waals surface area contributed by atoms with Crippen LogP contribution in [0, 0.1) is 0 Å². The van der Waals surface area contributed by atoms with Crippen LogP contribution in [0.15, 0.2) is 45.8 Å². The molecule has 2 rings (SSSR count). The topological polar surface area (TPSA) is 46.9 Å². The van der Waals surface area contributed by atoms with E-state index in [1.54, 1.807) is 6.20 Å². The third-order valence-corrected chi connectivity index (χ3v) is 4.16. The van der Waals surface area contributed by atoms with Crippen molar-refractivity contribution in [1.29, 1.82) is 0 Å². The van der Waals surface area contributed by atoms with E-state index < -0.39 is 0 Å². The first kappa shape index (κ1) is 15.8. The Morgan fingerprint density at radius 2 is 2.05 bits per heavy atom. The van der Waals surface area contributed by atoms with Crippen LogP contribution < -0.4 is 10.9 Å². The average Bonchev–Trinajstić information content (AvgIpc) is 2.51. The van der Waals surface area contributed by atoms with Gasteiger partial charge in [-0.3, -0.25) is 4.79 Å². The van der Waals surface area contributed by atoms with Crippen LogP contribution >= 0.6 is 15.9 Å². The van der Waals surface area contributed by atoms with Crippen LogP contribution in [-0.2, 0) is 13.0 Å². The molecule has 1 unspecified atom stereocenters. The highest BCUT2D eigenvalue weighted by molar-refractivity contribution is 9.10. The maximum atomic E-state index is 12.0. The Kier molecular flexibility index (Phi) is 5.56. The molecule has 0 bridgehead atoms. The van der Waals surface area contributed by atoms with Gasteiger partial charge in [0.05, 0.1) is 11.9 Å². The molecule has 0 aliphatic carbocycles. The van der Waals surface area contributed by atoms with Crippen molar-refractivity contribution in [3.05, 3.63) is 56.9 Å². The molecule has 2 aromatic rings. The van der Waals surface area contributed by atoms with E-state index in [0.29, 0.717) is 11.0 Å². The van der Waals surface area contributed by atoms with E-state index in [1.165, 1.54) is 10.2 Å². The van der Waals surface area contributed by atoms with Gasteiger partial charge in [0, 0.05) is 12.6 Å². The standard InChI is InChI=1S/C16H20BrN3O/c1-3-20-16(21)15(17)14(11-18-20)19-12(2)9-10-13-7-5-4-6-8-13/h4-8,11-12,19H,3,9-10H2,1-2H3. The lowest BCUT2D eigenvalue weighted by molar-refractivity contribution is 0.610. The Labute approximate surface area is 133 Å². The Hall–Kier alpha value is -1.62. The maximum Gasteiger partial charge on any atom is 0.283 e. The zero-order valence-electron chi connectivity index (χ0n) is 12.3. The van der Waals surface area contributed by atoms with Crippen LogP contribution in [0.4, 0.5) is 5.69 Å². The lowest BCUT2D eigenvalue weighted by atomic mass is 10.1. The molecule has 112 valence electrons. The van der Waals surface area contributed by atoms with Gasteiger partial charge in [-0.25, -0.2) is 4.68 Å². The second kappa shape index (κ2) is 7.41. The number of anilines is 1. The Morgan fingerprint density at radius 1 is 1.33 bits per heavy atom. The molecule has 0 radical (unpaired) electrons. The summed E-state index contributed by atoms with van der Waals surface area (Å²) in [4.78, 5) is 12.0. The van der Waals surface area contributed by atoms with E-state index in [4.69, 9.17) is 0 Å². The number of rotatable bonds is 6. The molecule has 1 aromatic heterocycles. The monoisotopic (exact) mass is 349 g/mol. The fourth-order valence-corrected chi connectivity index (χ4v) is 2.58. The summed E-state index contributed by atoms with van der Waals surface area (Å²) in [7, 11) is 0. The largest absolute Gasteiger partial charge is 0.380 e. The van der Waals surface area contributed by atoms with E-state index in [1.807, 2.05) is 13.0 Å². The van der Waals surface area contributed by atoms with Crippen molar-refractivity contribution in [3.63, 3.8) is 0 Å². The van der Waals surface area contributed by atoms with Gasteiger partial charge < -0.3 is 5.32 Å². The highest BCUT2D eigenvalue weighted by atomic mass is 79.9. The van der Waals surface area contributed by atoms with Crippen molar-refractivity contribution in [2.45, 2.75) is 39.3 Å². The fourth-order valence-electron chi connectivity index (χ4n) is 2.16. The van der Waals surface area contributed by atoms with Gasteiger partial charge in [0.15, 0.2) is 0 Å². The van der Waals surface area contributed by atoms with Crippen molar-refractivity contribution in [1.82, 2.24) is 9.78 Å². The van der Waals surface area contributed by atoms with Gasteiger partial charge in [-0.15, -0.1) is 0 Å². The summed E-state index contributed by atoms with van der Waals surface area (Å²) in [6.07, 6.45) is 3.70. The predicted octanol–water partition coefficient (Wildman–Crippen LogP) is 3.46. The molecule has 1 aromatic carbocycles. The lowest BCUT2D eigenvalue weighted by Gasteiger charge is -2.16. The first-order valence-corrected chi connectivity index (χ1v) is 7.97. The molecule has 0 aliphatic heterocycles. The second-order valence-electron chi connectivity index (χ2n) is 5.06. The zero-order valence-corrected chi connectivity index (χ0v) is 13.9. The molecule has 0 spiro atoms. The number of nitrogens with one attached hydrogen (secondary N) is 1. The molecule has 0 amide bonds. The van der Waals surface area contributed by atoms with Crippen molar-refractivity contribution in [2.24, 2.45) is 0 Å². The number of aryl methyl sites for hydroxylation is 2. The average molecular weight is 350 g/mol. The zero-order chi connectivity index (χ0) is 15.2. The van der Waals surface area contributed by atoms with Crippen LogP contribution in [0.2, 0.25) is 0 Å². The minimum absolute atomic E-state index is 0.0993. The molecular weight excluding hydrogens is 330 g/mol. The van der Waals surface area contributed by atoms with E-state index in [0.717, 1.165) is 18.5 Å². The normalized spacial score (nSPS) is 12.1. The number of hydrogen-bond acceptors (Lipinski definition) is 3. The van der Waals surface area contributed by atoms with Gasteiger partial charge in [-0.05, 0) is 48.2 Å². The van der Waals surface area contributed by atoms with Crippen molar-refractivity contribution < 1.29 is 0 Å². The van der Waals surface area contributed by atoms with Gasteiger partial charge in [0.2, 0.25) is 0 Å². The SMILES string of the molecule is CCn1ncc(NC(C)CCc2ccccc2)c(Br)c1=O. The molecule has 4 nitrogen and oxygen atoms in total. The quantitative estimate of drug-likeness (QED) is 0.868. The number of halogens is 1. The Balaban J connectivity index is 1.98. The Morgan fingerprint density at radius 3 is 2.71 bits per heavy atom. The molecule has 5 heteroatoms. The summed E-state index contributed by atoms with van der Waals surface area (Å²) < 4.78 is 1.98. The molecular formula is C16H20BrN3O. The van der Waals surface area contributed by atoms with Crippen LogP contribution in [-0.4, -0.2) is 15.8 Å². The van der Waals surface area contributed by atoms with Crippen molar-refractivity contribution >= 4 is 21.6 Å². The molecule has 0 fully saturated rings. The predicted molar refractivity (Wildman–Crippen MR) is 89.7 cm³/mol. The first-order chi connectivity index (χ1) is 10.1. The van der Waals surface area contributed by atoms with E-state index in [9.17, 15) is 4.79 Å². The molecule has 0 aliphatic rings. The summed E-state index contributed by atoms with van der Waals surface area (Å²) >= 11 is 3.36. The third-order valence-electron chi connectivity index (χ3n) is 3.40. The van der Waals surface area contributed by atoms with Crippen LogP contribution in [0.3, 0.4) is 0 Å². The van der Waals surface area contributed by atoms with Crippen molar-refractivity contribution in [3.8, 4) is 0 Å². The van der Waals surface area contributed by atoms with Crippen LogP contribution in [0.25, 0.3) is 0 Å². The van der Waals surface area contributed by atoms with Gasteiger partial charge in [0.1, 0.15) is 4.47 Å². The van der Waals surface area contributed by atoms with E-state index in [2.05, 4.69) is 57.5 Å². The smallest absolute Gasteiger partial charge is 0.283 e. The van der Waals surface area contributed by atoms with Crippen molar-refractivity contribution in [2.75, 3.05) is 5.32 Å². The van der Waals surface area contributed by atoms with Gasteiger partial charge >= 0.3 is 0 Å². The molecule has 1 N–H and O–H groups in total. The fraction of sp³-hybridized carbons (Fsp3) is 0.375. The van der Waals surface area contributed by atoms with Gasteiger partial charge in [-0.1, -0.05) is 30.3 Å². The number of benzene rings is 1. The third kappa shape index (κ3) is 4.17. The highest BCUT2D eigenvalue weighted by Crippen LogP contribution is 2.18. The van der Waals surface area contributed by atoms with Gasteiger partial charge in [0.25, 0.3) is 5.56 Å². The lowest BCUT2D eigenvalue weighted by Crippen LogP contribution is -2.25. The van der Waals surface area contributed by atoms with Crippen LogP contribution in [0.1, 0.15) is 25.8 Å². The molecule has 1 heterocycles. The van der Waals surface area contributed by atoms with Crippen LogP contribution in [0.5, 0.6) is 0 Å². The second-order valence-corrected chi connectivity index (χ2v) is 5.86. The molecule has 1 atom stereocenters. The minimum atomic E-state index is -0.0993. The number of nitrogens with zero attached hydrogens (tertiary/aromatic N) is 2. The summed E-state index contributed by atoms with van der Waals surface area (Å²) in [6.45, 7) is 4.58. The molecule has 0 saturated carbocycles. The van der Waals surface area contributed by atoms with Gasteiger partial charge in [-0.2, -0.15) is 5.10 Å². The first-order valence-electron chi connectivity index (χ1n) is 7.18. The maximum absolute atomic E-state index is 12.0. The summed E-state index contributed by atoms with van der Waals surface area (Å²) in [5, 5.41) is 7.49.